The lowest BCUT2D eigenvalue weighted by Crippen LogP contribution is -2.36. The van der Waals surface area contributed by atoms with Crippen molar-refractivity contribution < 1.29 is 4.79 Å². The van der Waals surface area contributed by atoms with Gasteiger partial charge in [-0.15, -0.1) is 0 Å². The topological polar surface area (TPSA) is 45.2 Å². The molecule has 0 bridgehead atoms. The van der Waals surface area contributed by atoms with E-state index in [1.807, 2.05) is 17.2 Å². The summed E-state index contributed by atoms with van der Waals surface area (Å²) in [6.07, 6.45) is 7.64. The Kier molecular flexibility index (Phi) is 5.15. The van der Waals surface area contributed by atoms with Crippen LogP contribution < -0.4 is 5.32 Å². The van der Waals surface area contributed by atoms with Crippen LogP contribution in [0.15, 0.2) is 24.5 Å². The Hall–Kier alpha value is -1.42. The fourth-order valence-electron chi connectivity index (χ4n) is 2.23. The van der Waals surface area contributed by atoms with Crippen LogP contribution in [0, 0.1) is 0 Å². The summed E-state index contributed by atoms with van der Waals surface area (Å²) in [6, 6.07) is 4.01. The molecular formula is C14H21N3O. The summed E-state index contributed by atoms with van der Waals surface area (Å²) in [5, 5.41) is 3.38. The molecule has 0 aromatic carbocycles. The van der Waals surface area contributed by atoms with Gasteiger partial charge >= 0.3 is 0 Å². The van der Waals surface area contributed by atoms with E-state index < -0.39 is 0 Å². The van der Waals surface area contributed by atoms with Crippen molar-refractivity contribution in [1.29, 1.82) is 0 Å². The summed E-state index contributed by atoms with van der Waals surface area (Å²) in [6.45, 7) is 3.63. The van der Waals surface area contributed by atoms with E-state index in [1.54, 1.807) is 6.20 Å². The summed E-state index contributed by atoms with van der Waals surface area (Å²) in [4.78, 5) is 17.6. The van der Waals surface area contributed by atoms with E-state index >= 15 is 0 Å². The van der Waals surface area contributed by atoms with Gasteiger partial charge in [-0.25, -0.2) is 0 Å². The van der Waals surface area contributed by atoms with E-state index in [1.165, 1.54) is 5.56 Å². The molecule has 2 heterocycles. The predicted molar refractivity (Wildman–Crippen MR) is 71.0 cm³/mol. The molecule has 1 saturated heterocycles. The Bertz CT molecular complexity index is 367. The van der Waals surface area contributed by atoms with E-state index in [9.17, 15) is 4.79 Å². The van der Waals surface area contributed by atoms with E-state index in [4.69, 9.17) is 0 Å². The van der Waals surface area contributed by atoms with Crippen LogP contribution in [0.5, 0.6) is 0 Å². The van der Waals surface area contributed by atoms with Crippen LogP contribution in [0.2, 0.25) is 0 Å². The Balaban J connectivity index is 1.57. The van der Waals surface area contributed by atoms with Crippen molar-refractivity contribution in [2.45, 2.75) is 32.2 Å². The smallest absolute Gasteiger partial charge is 0.222 e. The van der Waals surface area contributed by atoms with E-state index in [0.717, 1.165) is 51.9 Å². The zero-order valence-electron chi connectivity index (χ0n) is 10.8. The summed E-state index contributed by atoms with van der Waals surface area (Å²) in [5.41, 5.74) is 1.20. The van der Waals surface area contributed by atoms with Gasteiger partial charge in [0.1, 0.15) is 0 Å². The number of carbonyl (C=O) groups excluding carboxylic acids is 1. The lowest BCUT2D eigenvalue weighted by atomic mass is 10.1. The number of likely N-dealkylation sites (tertiary alicyclic amines) is 1. The van der Waals surface area contributed by atoms with E-state index in [0.29, 0.717) is 5.91 Å². The molecule has 0 atom stereocenters. The second-order valence-electron chi connectivity index (χ2n) is 4.73. The lowest BCUT2D eigenvalue weighted by molar-refractivity contribution is -0.133. The number of pyridine rings is 1. The van der Waals surface area contributed by atoms with Crippen molar-refractivity contribution >= 4 is 5.91 Å². The molecule has 0 spiro atoms. The van der Waals surface area contributed by atoms with Crippen LogP contribution in [0.3, 0.4) is 0 Å². The minimum Gasteiger partial charge on any atom is -0.343 e. The average molecular weight is 247 g/mol. The van der Waals surface area contributed by atoms with Crippen molar-refractivity contribution in [3.8, 4) is 0 Å². The van der Waals surface area contributed by atoms with Gasteiger partial charge in [0.25, 0.3) is 0 Å². The van der Waals surface area contributed by atoms with Gasteiger partial charge in [0.05, 0.1) is 0 Å². The number of carbonyl (C=O) groups is 1. The summed E-state index contributed by atoms with van der Waals surface area (Å²) in [7, 11) is 0. The molecule has 2 rings (SSSR count). The zero-order chi connectivity index (χ0) is 12.6. The van der Waals surface area contributed by atoms with Crippen LogP contribution in [-0.2, 0) is 11.3 Å². The van der Waals surface area contributed by atoms with Crippen LogP contribution in [0.25, 0.3) is 0 Å². The first-order chi connectivity index (χ1) is 8.86. The van der Waals surface area contributed by atoms with Crippen molar-refractivity contribution in [2.24, 2.45) is 0 Å². The molecule has 0 aliphatic carbocycles. The molecule has 4 heteroatoms. The van der Waals surface area contributed by atoms with Gasteiger partial charge in [0, 0.05) is 38.4 Å². The third-order valence-corrected chi connectivity index (χ3v) is 3.25. The van der Waals surface area contributed by atoms with Crippen molar-refractivity contribution in [1.82, 2.24) is 15.2 Å². The molecule has 1 aromatic rings. The molecule has 1 fully saturated rings. The molecular weight excluding hydrogens is 226 g/mol. The molecule has 98 valence electrons. The first kappa shape index (κ1) is 13.0. The van der Waals surface area contributed by atoms with Gasteiger partial charge in [-0.05, 0) is 37.4 Å². The molecule has 0 saturated carbocycles. The minimum atomic E-state index is 0.327. The van der Waals surface area contributed by atoms with Gasteiger partial charge < -0.3 is 10.2 Å². The predicted octanol–water partition coefficient (Wildman–Crippen LogP) is 1.57. The molecule has 1 aliphatic rings. The number of aromatic nitrogens is 1. The van der Waals surface area contributed by atoms with Gasteiger partial charge in [-0.1, -0.05) is 6.07 Å². The molecule has 1 amide bonds. The summed E-state index contributed by atoms with van der Waals surface area (Å²) in [5.74, 6) is 0.327. The molecule has 1 aliphatic heterocycles. The van der Waals surface area contributed by atoms with Crippen molar-refractivity contribution in [3.63, 3.8) is 0 Å². The Labute approximate surface area is 108 Å². The molecule has 1 N–H and O–H groups in total. The van der Waals surface area contributed by atoms with Gasteiger partial charge in [-0.2, -0.15) is 0 Å². The Morgan fingerprint density at radius 3 is 3.11 bits per heavy atom. The van der Waals surface area contributed by atoms with Crippen molar-refractivity contribution in [2.75, 3.05) is 19.6 Å². The second-order valence-corrected chi connectivity index (χ2v) is 4.73. The second kappa shape index (κ2) is 7.11. The lowest BCUT2D eigenvalue weighted by Gasteiger charge is -2.26. The first-order valence-electron chi connectivity index (χ1n) is 6.73. The summed E-state index contributed by atoms with van der Waals surface area (Å²) >= 11 is 0. The van der Waals surface area contributed by atoms with E-state index in [2.05, 4.69) is 16.4 Å². The highest BCUT2D eigenvalue weighted by Gasteiger charge is 2.16. The number of hydrogen-bond donors (Lipinski definition) is 1. The molecule has 18 heavy (non-hydrogen) atoms. The molecule has 0 radical (unpaired) electrons. The number of nitrogens with zero attached hydrogens (tertiary/aromatic N) is 2. The average Bonchev–Trinajstić information content (AvgIpc) is 2.42. The Morgan fingerprint density at radius 2 is 2.33 bits per heavy atom. The fourth-order valence-corrected chi connectivity index (χ4v) is 2.23. The fraction of sp³-hybridized carbons (Fsp3) is 0.571. The minimum absolute atomic E-state index is 0.327. The maximum atomic E-state index is 11.6. The third kappa shape index (κ3) is 4.11. The number of nitrogens with one attached hydrogen (secondary N) is 1. The van der Waals surface area contributed by atoms with Crippen LogP contribution in [-0.4, -0.2) is 35.4 Å². The maximum absolute atomic E-state index is 11.6. The van der Waals surface area contributed by atoms with E-state index in [-0.39, 0.29) is 0 Å². The highest BCUT2D eigenvalue weighted by Crippen LogP contribution is 2.10. The number of piperidine rings is 1. The SMILES string of the molecule is O=C1CCCCN1CCCNCc1cccnc1. The highest BCUT2D eigenvalue weighted by atomic mass is 16.2. The zero-order valence-corrected chi connectivity index (χ0v) is 10.8. The summed E-state index contributed by atoms with van der Waals surface area (Å²) < 4.78 is 0. The normalized spacial score (nSPS) is 16.0. The van der Waals surface area contributed by atoms with Crippen LogP contribution in [0.4, 0.5) is 0 Å². The highest BCUT2D eigenvalue weighted by molar-refractivity contribution is 5.76. The number of hydrogen-bond acceptors (Lipinski definition) is 3. The first-order valence-corrected chi connectivity index (χ1v) is 6.73. The number of rotatable bonds is 6. The maximum Gasteiger partial charge on any atom is 0.222 e. The van der Waals surface area contributed by atoms with Crippen molar-refractivity contribution in [3.05, 3.63) is 30.1 Å². The molecule has 0 unspecified atom stereocenters. The Morgan fingerprint density at radius 1 is 1.39 bits per heavy atom. The quantitative estimate of drug-likeness (QED) is 0.776. The monoisotopic (exact) mass is 247 g/mol. The molecule has 4 nitrogen and oxygen atoms in total. The standard InChI is InChI=1S/C14H21N3O/c18-14-6-1-2-9-17(14)10-4-8-16-12-13-5-3-7-15-11-13/h3,5,7,11,16H,1-2,4,6,8-10,12H2. The van der Waals surface area contributed by atoms with Gasteiger partial charge in [0.15, 0.2) is 0 Å². The largest absolute Gasteiger partial charge is 0.343 e. The van der Waals surface area contributed by atoms with Gasteiger partial charge in [0.2, 0.25) is 5.91 Å². The molecule has 1 aromatic heterocycles. The number of amides is 1. The van der Waals surface area contributed by atoms with Crippen LogP contribution in [0.1, 0.15) is 31.2 Å². The third-order valence-electron chi connectivity index (χ3n) is 3.25. The van der Waals surface area contributed by atoms with Crippen LogP contribution >= 0.6 is 0 Å². The van der Waals surface area contributed by atoms with Gasteiger partial charge in [-0.3, -0.25) is 9.78 Å².